The molecule has 1 aromatic heterocycles. The van der Waals surface area contributed by atoms with Gasteiger partial charge in [0.1, 0.15) is 5.75 Å². The Hall–Kier alpha value is -0.740. The Morgan fingerprint density at radius 3 is 2.87 bits per heavy atom. The monoisotopic (exact) mass is 226 g/mol. The lowest BCUT2D eigenvalue weighted by Crippen LogP contribution is -2.30. The lowest BCUT2D eigenvalue weighted by atomic mass is 10.2. The van der Waals surface area contributed by atoms with Crippen LogP contribution in [0.3, 0.4) is 0 Å². The number of nitrogens with one attached hydrogen (secondary N) is 1. The maximum atomic E-state index is 9.08. The molecular formula is C11H18N2OS. The van der Waals surface area contributed by atoms with Gasteiger partial charge in [0.15, 0.2) is 0 Å². The largest absolute Gasteiger partial charge is 0.506 e. The Kier molecular flexibility index (Phi) is 5.50. The second-order valence-electron chi connectivity index (χ2n) is 3.45. The summed E-state index contributed by atoms with van der Waals surface area (Å²) in [6, 6.07) is 4.05. The van der Waals surface area contributed by atoms with E-state index in [9.17, 15) is 0 Å². The maximum Gasteiger partial charge on any atom is 0.133 e. The summed E-state index contributed by atoms with van der Waals surface area (Å²) in [5, 5.41) is 12.5. The van der Waals surface area contributed by atoms with Gasteiger partial charge in [0.05, 0.1) is 11.9 Å². The Labute approximate surface area is 95.3 Å². The van der Waals surface area contributed by atoms with E-state index in [2.05, 4.69) is 23.5 Å². The summed E-state index contributed by atoms with van der Waals surface area (Å²) in [6.07, 6.45) is 4.72. The van der Waals surface area contributed by atoms with Crippen LogP contribution in [0.2, 0.25) is 0 Å². The Bertz CT molecular complexity index is 276. The summed E-state index contributed by atoms with van der Waals surface area (Å²) >= 11 is 1.85. The first-order valence-corrected chi connectivity index (χ1v) is 6.51. The number of aromatic hydroxyl groups is 1. The van der Waals surface area contributed by atoms with Crippen molar-refractivity contribution in [1.82, 2.24) is 10.3 Å². The Balaban J connectivity index is 2.38. The quantitative estimate of drug-likeness (QED) is 0.779. The summed E-state index contributed by atoms with van der Waals surface area (Å²) < 4.78 is 0. The van der Waals surface area contributed by atoms with Crippen LogP contribution in [0.15, 0.2) is 18.3 Å². The SMILES string of the molecule is CCC(CSC)NCc1ccc(O)cn1. The molecule has 0 radical (unpaired) electrons. The third kappa shape index (κ3) is 4.53. The van der Waals surface area contributed by atoms with Gasteiger partial charge in [-0.25, -0.2) is 0 Å². The van der Waals surface area contributed by atoms with Gasteiger partial charge in [-0.05, 0) is 24.8 Å². The van der Waals surface area contributed by atoms with Crippen molar-refractivity contribution in [2.45, 2.75) is 25.9 Å². The molecule has 0 bridgehead atoms. The van der Waals surface area contributed by atoms with Crippen LogP contribution in [0.4, 0.5) is 0 Å². The Morgan fingerprint density at radius 2 is 2.33 bits per heavy atom. The van der Waals surface area contributed by atoms with E-state index in [1.807, 2.05) is 17.8 Å². The fraction of sp³-hybridized carbons (Fsp3) is 0.545. The second kappa shape index (κ2) is 6.69. The van der Waals surface area contributed by atoms with Gasteiger partial charge in [-0.1, -0.05) is 6.92 Å². The topological polar surface area (TPSA) is 45.1 Å². The summed E-state index contributed by atoms with van der Waals surface area (Å²) in [5.41, 5.74) is 0.965. The molecule has 0 aromatic carbocycles. The highest BCUT2D eigenvalue weighted by molar-refractivity contribution is 7.98. The lowest BCUT2D eigenvalue weighted by molar-refractivity contribution is 0.471. The molecule has 0 aliphatic carbocycles. The second-order valence-corrected chi connectivity index (χ2v) is 4.36. The zero-order chi connectivity index (χ0) is 11.1. The molecule has 1 atom stereocenters. The maximum absolute atomic E-state index is 9.08. The van der Waals surface area contributed by atoms with E-state index >= 15 is 0 Å². The van der Waals surface area contributed by atoms with Crippen molar-refractivity contribution in [3.63, 3.8) is 0 Å². The highest BCUT2D eigenvalue weighted by atomic mass is 32.2. The standard InChI is InChI=1S/C11H18N2OS/c1-3-9(8-15-2)12-6-10-4-5-11(14)7-13-10/h4-5,7,9,12,14H,3,6,8H2,1-2H3. The van der Waals surface area contributed by atoms with E-state index in [1.165, 1.54) is 6.20 Å². The smallest absolute Gasteiger partial charge is 0.133 e. The van der Waals surface area contributed by atoms with Gasteiger partial charge in [-0.15, -0.1) is 0 Å². The van der Waals surface area contributed by atoms with Crippen LogP contribution in [0.5, 0.6) is 5.75 Å². The van der Waals surface area contributed by atoms with Crippen molar-refractivity contribution in [2.24, 2.45) is 0 Å². The molecule has 1 rings (SSSR count). The number of nitrogens with zero attached hydrogens (tertiary/aromatic N) is 1. The molecule has 0 saturated heterocycles. The molecule has 0 aliphatic heterocycles. The molecule has 1 unspecified atom stereocenters. The predicted molar refractivity (Wildman–Crippen MR) is 65.2 cm³/mol. The fourth-order valence-electron chi connectivity index (χ4n) is 1.29. The van der Waals surface area contributed by atoms with Crippen LogP contribution in [0, 0.1) is 0 Å². The van der Waals surface area contributed by atoms with Crippen molar-refractivity contribution >= 4 is 11.8 Å². The van der Waals surface area contributed by atoms with Gasteiger partial charge >= 0.3 is 0 Å². The first-order valence-electron chi connectivity index (χ1n) is 5.12. The molecule has 1 aromatic rings. The highest BCUT2D eigenvalue weighted by Crippen LogP contribution is 2.07. The zero-order valence-electron chi connectivity index (χ0n) is 9.23. The molecule has 0 spiro atoms. The van der Waals surface area contributed by atoms with Crippen LogP contribution in [0.1, 0.15) is 19.0 Å². The lowest BCUT2D eigenvalue weighted by Gasteiger charge is -2.15. The number of thioether (sulfide) groups is 1. The average Bonchev–Trinajstić information content (AvgIpc) is 2.26. The fourth-order valence-corrected chi connectivity index (χ4v) is 2.05. The van der Waals surface area contributed by atoms with Crippen molar-refractivity contribution in [3.05, 3.63) is 24.0 Å². The van der Waals surface area contributed by atoms with Crippen LogP contribution < -0.4 is 5.32 Å². The van der Waals surface area contributed by atoms with E-state index in [0.29, 0.717) is 6.04 Å². The molecule has 0 aliphatic rings. The minimum atomic E-state index is 0.218. The zero-order valence-corrected chi connectivity index (χ0v) is 10.0. The molecule has 0 saturated carbocycles. The van der Waals surface area contributed by atoms with E-state index < -0.39 is 0 Å². The summed E-state index contributed by atoms with van der Waals surface area (Å²) in [6.45, 7) is 2.94. The molecule has 84 valence electrons. The van der Waals surface area contributed by atoms with Crippen LogP contribution >= 0.6 is 11.8 Å². The number of rotatable bonds is 6. The predicted octanol–water partition coefficient (Wildman–Crippen LogP) is 2.02. The van der Waals surface area contributed by atoms with E-state index in [4.69, 9.17) is 5.11 Å². The van der Waals surface area contributed by atoms with Crippen LogP contribution in [-0.4, -0.2) is 28.1 Å². The van der Waals surface area contributed by atoms with Gasteiger partial charge < -0.3 is 10.4 Å². The number of aromatic nitrogens is 1. The minimum absolute atomic E-state index is 0.218. The van der Waals surface area contributed by atoms with Gasteiger partial charge in [-0.3, -0.25) is 4.98 Å². The van der Waals surface area contributed by atoms with E-state index in [0.717, 1.165) is 24.4 Å². The summed E-state index contributed by atoms with van der Waals surface area (Å²) in [5.74, 6) is 1.34. The van der Waals surface area contributed by atoms with E-state index in [1.54, 1.807) is 6.07 Å². The molecule has 3 nitrogen and oxygen atoms in total. The first-order chi connectivity index (χ1) is 7.26. The summed E-state index contributed by atoms with van der Waals surface area (Å²) in [7, 11) is 0. The van der Waals surface area contributed by atoms with Crippen LogP contribution in [0.25, 0.3) is 0 Å². The highest BCUT2D eigenvalue weighted by Gasteiger charge is 2.04. The Morgan fingerprint density at radius 1 is 1.53 bits per heavy atom. The van der Waals surface area contributed by atoms with Crippen molar-refractivity contribution in [1.29, 1.82) is 0 Å². The third-order valence-electron chi connectivity index (χ3n) is 2.24. The summed E-state index contributed by atoms with van der Waals surface area (Å²) in [4.78, 5) is 4.13. The van der Waals surface area contributed by atoms with Crippen molar-refractivity contribution in [3.8, 4) is 5.75 Å². The number of hydrogen-bond donors (Lipinski definition) is 2. The van der Waals surface area contributed by atoms with Gasteiger partial charge in [0, 0.05) is 18.3 Å². The molecule has 4 heteroatoms. The van der Waals surface area contributed by atoms with E-state index in [-0.39, 0.29) is 5.75 Å². The molecule has 15 heavy (non-hydrogen) atoms. The normalized spacial score (nSPS) is 12.7. The first kappa shape index (κ1) is 12.3. The number of pyridine rings is 1. The molecular weight excluding hydrogens is 208 g/mol. The molecule has 2 N–H and O–H groups in total. The molecule has 0 amide bonds. The van der Waals surface area contributed by atoms with Crippen LogP contribution in [-0.2, 0) is 6.54 Å². The minimum Gasteiger partial charge on any atom is -0.506 e. The third-order valence-corrected chi connectivity index (χ3v) is 2.98. The number of hydrogen-bond acceptors (Lipinski definition) is 4. The van der Waals surface area contributed by atoms with Crippen molar-refractivity contribution < 1.29 is 5.11 Å². The van der Waals surface area contributed by atoms with Crippen molar-refractivity contribution in [2.75, 3.05) is 12.0 Å². The van der Waals surface area contributed by atoms with Gasteiger partial charge in [-0.2, -0.15) is 11.8 Å². The van der Waals surface area contributed by atoms with Gasteiger partial charge in [0.2, 0.25) is 0 Å². The molecule has 1 heterocycles. The molecule has 0 fully saturated rings. The average molecular weight is 226 g/mol. The van der Waals surface area contributed by atoms with Gasteiger partial charge in [0.25, 0.3) is 0 Å².